The lowest BCUT2D eigenvalue weighted by atomic mass is 10.1. The van der Waals surface area contributed by atoms with E-state index in [1.165, 1.54) is 12.5 Å². The molecule has 0 atom stereocenters. The predicted octanol–water partition coefficient (Wildman–Crippen LogP) is 1.02. The third-order valence-electron chi connectivity index (χ3n) is 1.59. The monoisotopic (exact) mass is 264 g/mol. The van der Waals surface area contributed by atoms with Gasteiger partial charge in [-0.05, 0) is 13.8 Å². The Kier molecular flexibility index (Phi) is 5.64. The summed E-state index contributed by atoms with van der Waals surface area (Å²) in [4.78, 5) is 19.0. The third-order valence-corrected chi connectivity index (χ3v) is 1.86. The molecule has 0 aromatic carbocycles. The molecule has 0 spiro atoms. The maximum atomic E-state index is 11.6. The van der Waals surface area contributed by atoms with E-state index in [2.05, 4.69) is 15.3 Å². The molecule has 0 bridgehead atoms. The number of amides is 1. The Labute approximate surface area is 105 Å². The number of carbonyl (C=O) groups excluding carboxylic acids is 1. The van der Waals surface area contributed by atoms with E-state index < -0.39 is 5.54 Å². The van der Waals surface area contributed by atoms with E-state index in [9.17, 15) is 4.79 Å². The molecule has 90 valence electrons. The van der Waals surface area contributed by atoms with E-state index in [1.807, 2.05) is 13.8 Å². The number of nitrogens with zero attached hydrogens (tertiary/aromatic N) is 2. The van der Waals surface area contributed by atoms with Gasteiger partial charge in [0, 0.05) is 18.3 Å². The molecular weight excluding hydrogens is 251 g/mol. The van der Waals surface area contributed by atoms with Crippen molar-refractivity contribution in [3.05, 3.63) is 23.2 Å². The Hall–Kier alpha value is -0.910. The van der Waals surface area contributed by atoms with Crippen molar-refractivity contribution < 1.29 is 4.79 Å². The molecule has 7 heteroatoms. The Bertz CT molecular complexity index is 365. The summed E-state index contributed by atoms with van der Waals surface area (Å²) in [6.45, 7) is 3.98. The zero-order valence-corrected chi connectivity index (χ0v) is 10.6. The predicted molar refractivity (Wildman–Crippen MR) is 64.9 cm³/mol. The van der Waals surface area contributed by atoms with Crippen LogP contribution < -0.4 is 11.1 Å². The lowest BCUT2D eigenvalue weighted by molar-refractivity contribution is 0.0941. The highest BCUT2D eigenvalue weighted by atomic mass is 35.5. The van der Waals surface area contributed by atoms with Crippen LogP contribution in [0.25, 0.3) is 0 Å². The smallest absolute Gasteiger partial charge is 0.271 e. The minimum Gasteiger partial charge on any atom is -0.349 e. The number of halogens is 2. The highest BCUT2D eigenvalue weighted by Gasteiger charge is 2.16. The van der Waals surface area contributed by atoms with Crippen molar-refractivity contribution in [2.75, 3.05) is 6.54 Å². The summed E-state index contributed by atoms with van der Waals surface area (Å²) in [5, 5.41) is 2.87. The SMILES string of the molecule is CC(C)(N)CNC(=O)c1ncncc1Cl.Cl. The molecular formula is C9H14Cl2N4O. The highest BCUT2D eigenvalue weighted by Crippen LogP contribution is 2.10. The molecule has 0 aliphatic heterocycles. The molecule has 1 aromatic rings. The number of carbonyl (C=O) groups is 1. The van der Waals surface area contributed by atoms with E-state index >= 15 is 0 Å². The Morgan fingerprint density at radius 1 is 1.62 bits per heavy atom. The molecule has 3 N–H and O–H groups in total. The summed E-state index contributed by atoms with van der Waals surface area (Å²) in [6, 6.07) is 0. The van der Waals surface area contributed by atoms with Crippen LogP contribution in [-0.4, -0.2) is 28.0 Å². The minimum atomic E-state index is -0.463. The number of hydrogen-bond acceptors (Lipinski definition) is 4. The first-order valence-corrected chi connectivity index (χ1v) is 4.80. The molecule has 0 aliphatic rings. The lowest BCUT2D eigenvalue weighted by Gasteiger charge is -2.18. The van der Waals surface area contributed by atoms with Crippen LogP contribution in [0.1, 0.15) is 24.3 Å². The van der Waals surface area contributed by atoms with Gasteiger partial charge < -0.3 is 11.1 Å². The molecule has 16 heavy (non-hydrogen) atoms. The molecule has 0 saturated carbocycles. The van der Waals surface area contributed by atoms with E-state index in [-0.39, 0.29) is 29.0 Å². The van der Waals surface area contributed by atoms with Crippen molar-refractivity contribution >= 4 is 29.9 Å². The van der Waals surface area contributed by atoms with Gasteiger partial charge in [0.25, 0.3) is 5.91 Å². The van der Waals surface area contributed by atoms with Gasteiger partial charge in [-0.2, -0.15) is 0 Å². The van der Waals surface area contributed by atoms with Crippen LogP contribution >= 0.6 is 24.0 Å². The number of nitrogens with two attached hydrogens (primary N) is 1. The molecule has 0 saturated heterocycles. The van der Waals surface area contributed by atoms with Gasteiger partial charge in [-0.3, -0.25) is 4.79 Å². The van der Waals surface area contributed by atoms with Crippen LogP contribution in [0.4, 0.5) is 0 Å². The standard InChI is InChI=1S/C9H13ClN4O.ClH/c1-9(2,11)4-13-8(15)7-6(10)3-12-5-14-7;/h3,5H,4,11H2,1-2H3,(H,13,15);1H. The Morgan fingerprint density at radius 3 is 2.75 bits per heavy atom. The molecule has 1 aromatic heterocycles. The topological polar surface area (TPSA) is 80.9 Å². The first-order valence-electron chi connectivity index (χ1n) is 4.43. The molecule has 1 rings (SSSR count). The van der Waals surface area contributed by atoms with Crippen molar-refractivity contribution in [2.45, 2.75) is 19.4 Å². The second kappa shape index (κ2) is 5.98. The van der Waals surface area contributed by atoms with Crippen LogP contribution in [0, 0.1) is 0 Å². The number of rotatable bonds is 3. The van der Waals surface area contributed by atoms with Crippen LogP contribution in [0.2, 0.25) is 5.02 Å². The summed E-state index contributed by atoms with van der Waals surface area (Å²) >= 11 is 5.75. The van der Waals surface area contributed by atoms with Crippen LogP contribution in [-0.2, 0) is 0 Å². The van der Waals surface area contributed by atoms with Gasteiger partial charge in [0.1, 0.15) is 12.0 Å². The summed E-state index contributed by atoms with van der Waals surface area (Å²) in [5.74, 6) is -0.346. The Morgan fingerprint density at radius 2 is 2.25 bits per heavy atom. The van der Waals surface area contributed by atoms with Gasteiger partial charge >= 0.3 is 0 Å². The average molecular weight is 265 g/mol. The third kappa shape index (κ3) is 4.74. The molecule has 5 nitrogen and oxygen atoms in total. The second-order valence-electron chi connectivity index (χ2n) is 3.89. The zero-order chi connectivity index (χ0) is 11.5. The fourth-order valence-electron chi connectivity index (χ4n) is 0.872. The van der Waals surface area contributed by atoms with Gasteiger partial charge in [-0.25, -0.2) is 9.97 Å². The van der Waals surface area contributed by atoms with Gasteiger partial charge in [-0.15, -0.1) is 12.4 Å². The van der Waals surface area contributed by atoms with Crippen LogP contribution in [0.5, 0.6) is 0 Å². The summed E-state index contributed by atoms with van der Waals surface area (Å²) in [6.07, 6.45) is 2.64. The van der Waals surface area contributed by atoms with Gasteiger partial charge in [0.05, 0.1) is 5.02 Å². The molecule has 1 amide bonds. The maximum absolute atomic E-state index is 11.6. The fourth-order valence-corrected chi connectivity index (χ4v) is 1.06. The molecule has 0 fully saturated rings. The molecule has 1 heterocycles. The number of hydrogen-bond donors (Lipinski definition) is 2. The molecule has 0 unspecified atom stereocenters. The van der Waals surface area contributed by atoms with Crippen molar-refractivity contribution in [3.8, 4) is 0 Å². The number of nitrogens with one attached hydrogen (secondary N) is 1. The van der Waals surface area contributed by atoms with Crippen molar-refractivity contribution in [2.24, 2.45) is 5.73 Å². The Balaban J connectivity index is 0.00000225. The van der Waals surface area contributed by atoms with Crippen LogP contribution in [0.3, 0.4) is 0 Å². The second-order valence-corrected chi connectivity index (χ2v) is 4.30. The van der Waals surface area contributed by atoms with Gasteiger partial charge in [0.2, 0.25) is 0 Å². The maximum Gasteiger partial charge on any atom is 0.271 e. The van der Waals surface area contributed by atoms with Gasteiger partial charge in [-0.1, -0.05) is 11.6 Å². The summed E-state index contributed by atoms with van der Waals surface area (Å²) < 4.78 is 0. The average Bonchev–Trinajstić information content (AvgIpc) is 2.14. The summed E-state index contributed by atoms with van der Waals surface area (Å²) in [7, 11) is 0. The number of aromatic nitrogens is 2. The van der Waals surface area contributed by atoms with Crippen molar-refractivity contribution in [1.82, 2.24) is 15.3 Å². The van der Waals surface area contributed by atoms with Crippen molar-refractivity contribution in [3.63, 3.8) is 0 Å². The summed E-state index contributed by atoms with van der Waals surface area (Å²) in [5.41, 5.74) is 5.42. The zero-order valence-electron chi connectivity index (χ0n) is 9.03. The lowest BCUT2D eigenvalue weighted by Crippen LogP contribution is -2.45. The van der Waals surface area contributed by atoms with E-state index in [4.69, 9.17) is 17.3 Å². The largest absolute Gasteiger partial charge is 0.349 e. The minimum absolute atomic E-state index is 0. The first-order chi connectivity index (χ1) is 6.90. The van der Waals surface area contributed by atoms with Crippen LogP contribution in [0.15, 0.2) is 12.5 Å². The highest BCUT2D eigenvalue weighted by molar-refractivity contribution is 6.33. The van der Waals surface area contributed by atoms with E-state index in [1.54, 1.807) is 0 Å². The van der Waals surface area contributed by atoms with E-state index in [0.29, 0.717) is 6.54 Å². The quantitative estimate of drug-likeness (QED) is 0.854. The molecule has 0 aliphatic carbocycles. The van der Waals surface area contributed by atoms with E-state index in [0.717, 1.165) is 0 Å². The van der Waals surface area contributed by atoms with Gasteiger partial charge in [0.15, 0.2) is 0 Å². The fraction of sp³-hybridized carbons (Fsp3) is 0.444. The normalized spacial score (nSPS) is 10.5. The van der Waals surface area contributed by atoms with Crippen molar-refractivity contribution in [1.29, 1.82) is 0 Å². The molecule has 0 radical (unpaired) electrons. The first kappa shape index (κ1) is 15.1.